The van der Waals surface area contributed by atoms with Gasteiger partial charge in [-0.1, -0.05) is 23.9 Å². The van der Waals surface area contributed by atoms with Gasteiger partial charge in [0.2, 0.25) is 5.91 Å². The van der Waals surface area contributed by atoms with E-state index in [1.54, 1.807) is 28.8 Å². The molecule has 0 radical (unpaired) electrons. The van der Waals surface area contributed by atoms with Gasteiger partial charge in [-0.05, 0) is 36.4 Å². The lowest BCUT2D eigenvalue weighted by atomic mass is 10.3. The molecule has 1 heterocycles. The molecule has 0 unspecified atom stereocenters. The molecule has 148 valence electrons. The van der Waals surface area contributed by atoms with Crippen LogP contribution in [0, 0.1) is 0 Å². The fourth-order valence-electron chi connectivity index (χ4n) is 2.71. The molecule has 1 amide bonds. The van der Waals surface area contributed by atoms with Gasteiger partial charge in [-0.15, -0.1) is 0 Å². The zero-order valence-corrected chi connectivity index (χ0v) is 16.4. The molecule has 1 aromatic heterocycles. The van der Waals surface area contributed by atoms with Crippen molar-refractivity contribution in [3.8, 4) is 0 Å². The summed E-state index contributed by atoms with van der Waals surface area (Å²) in [7, 11) is -3.34. The van der Waals surface area contributed by atoms with Gasteiger partial charge in [0.05, 0.1) is 11.0 Å². The number of para-hydroxylation sites is 2. The number of halogens is 2. The van der Waals surface area contributed by atoms with Gasteiger partial charge < -0.3 is 9.88 Å². The fourth-order valence-corrected chi connectivity index (χ4v) is 3.90. The minimum absolute atomic E-state index is 0.126. The van der Waals surface area contributed by atoms with Gasteiger partial charge in [-0.3, -0.25) is 4.79 Å². The number of thioether (sulfide) groups is 1. The molecule has 1 N–H and O–H groups in total. The number of carbonyl (C=O) groups excluding carboxylic acids is 1. The summed E-state index contributed by atoms with van der Waals surface area (Å²) >= 11 is 0.423. The minimum Gasteiger partial charge on any atom is -0.325 e. The minimum atomic E-state index is -3.34. The highest BCUT2D eigenvalue weighted by atomic mass is 32.2. The Balaban J connectivity index is 1.79. The van der Waals surface area contributed by atoms with Crippen molar-refractivity contribution in [3.63, 3.8) is 0 Å². The Morgan fingerprint density at radius 3 is 2.50 bits per heavy atom. The predicted octanol–water partition coefficient (Wildman–Crippen LogP) is 3.53. The lowest BCUT2D eigenvalue weighted by Gasteiger charge is -2.10. The Morgan fingerprint density at radius 2 is 1.86 bits per heavy atom. The second-order valence-electron chi connectivity index (χ2n) is 6.12. The molecule has 0 saturated carbocycles. The Hall–Kier alpha value is -2.46. The third kappa shape index (κ3) is 5.29. The molecule has 10 heteroatoms. The molecule has 0 aliphatic heterocycles. The van der Waals surface area contributed by atoms with E-state index in [9.17, 15) is 22.0 Å². The first-order valence-corrected chi connectivity index (χ1v) is 11.1. The number of benzene rings is 2. The molecule has 0 fully saturated rings. The molecule has 0 spiro atoms. The molecular weight excluding hydrogens is 408 g/mol. The van der Waals surface area contributed by atoms with Crippen LogP contribution >= 0.6 is 11.8 Å². The first kappa shape index (κ1) is 20.3. The van der Waals surface area contributed by atoms with Crippen molar-refractivity contribution in [2.45, 2.75) is 23.0 Å². The Morgan fingerprint density at radius 1 is 1.18 bits per heavy atom. The summed E-state index contributed by atoms with van der Waals surface area (Å²) in [5.74, 6) is -2.90. The molecule has 0 aliphatic carbocycles. The average molecular weight is 425 g/mol. The zero-order chi connectivity index (χ0) is 20.3. The van der Waals surface area contributed by atoms with Crippen LogP contribution in [0.2, 0.25) is 0 Å². The van der Waals surface area contributed by atoms with Crippen LogP contribution in [0.15, 0.2) is 53.4 Å². The van der Waals surface area contributed by atoms with Gasteiger partial charge in [-0.25, -0.2) is 13.4 Å². The summed E-state index contributed by atoms with van der Waals surface area (Å²) in [6, 6.07) is 13.1. The summed E-state index contributed by atoms with van der Waals surface area (Å²) in [6.07, 6.45) is 1.11. The maximum absolute atomic E-state index is 12.5. The third-order valence-electron chi connectivity index (χ3n) is 3.79. The average Bonchev–Trinajstić information content (AvgIpc) is 2.92. The first-order valence-electron chi connectivity index (χ1n) is 8.18. The van der Waals surface area contributed by atoms with E-state index in [0.717, 1.165) is 6.26 Å². The number of amides is 1. The number of rotatable bonds is 7. The van der Waals surface area contributed by atoms with Crippen LogP contribution < -0.4 is 5.32 Å². The zero-order valence-electron chi connectivity index (χ0n) is 14.8. The molecule has 0 bridgehead atoms. The van der Waals surface area contributed by atoms with Crippen molar-refractivity contribution in [1.82, 2.24) is 9.55 Å². The van der Waals surface area contributed by atoms with Crippen LogP contribution in [0.1, 0.15) is 5.82 Å². The van der Waals surface area contributed by atoms with Crippen LogP contribution in [-0.2, 0) is 26.9 Å². The smallest absolute Gasteiger partial charge is 0.288 e. The molecule has 3 rings (SSSR count). The van der Waals surface area contributed by atoms with E-state index in [2.05, 4.69) is 10.3 Å². The Kier molecular flexibility index (Phi) is 5.99. The topological polar surface area (TPSA) is 81.1 Å². The predicted molar refractivity (Wildman–Crippen MR) is 105 cm³/mol. The standard InChI is InChI=1S/C18H17F2N3O3S2/c1-28(25,26)11-16-22-14-4-2-3-5-15(14)23(16)10-17(24)21-12-6-8-13(9-7-12)27-18(19)20/h2-9,18H,10-11H2,1H3,(H,21,24). The third-order valence-corrected chi connectivity index (χ3v) is 5.29. The van der Waals surface area contributed by atoms with E-state index in [0.29, 0.717) is 33.4 Å². The number of imidazole rings is 1. The Labute approximate surface area is 164 Å². The maximum Gasteiger partial charge on any atom is 0.288 e. The maximum atomic E-state index is 12.5. The van der Waals surface area contributed by atoms with E-state index in [4.69, 9.17) is 0 Å². The largest absolute Gasteiger partial charge is 0.325 e. The van der Waals surface area contributed by atoms with Gasteiger partial charge in [0.1, 0.15) is 18.1 Å². The van der Waals surface area contributed by atoms with E-state index in [-0.39, 0.29) is 24.0 Å². The van der Waals surface area contributed by atoms with Gasteiger partial charge in [0.25, 0.3) is 5.76 Å². The number of nitrogens with one attached hydrogen (secondary N) is 1. The number of aromatic nitrogens is 2. The summed E-state index contributed by atoms with van der Waals surface area (Å²) in [4.78, 5) is 17.2. The lowest BCUT2D eigenvalue weighted by Crippen LogP contribution is -2.21. The van der Waals surface area contributed by atoms with E-state index in [1.165, 1.54) is 24.3 Å². The van der Waals surface area contributed by atoms with E-state index in [1.807, 2.05) is 0 Å². The van der Waals surface area contributed by atoms with Crippen LogP contribution in [0.3, 0.4) is 0 Å². The number of hydrogen-bond donors (Lipinski definition) is 1. The van der Waals surface area contributed by atoms with E-state index < -0.39 is 15.6 Å². The van der Waals surface area contributed by atoms with Crippen molar-refractivity contribution >= 4 is 44.2 Å². The van der Waals surface area contributed by atoms with Crippen molar-refractivity contribution in [2.75, 3.05) is 11.6 Å². The number of fused-ring (bicyclic) bond motifs is 1. The van der Waals surface area contributed by atoms with Gasteiger partial charge in [0, 0.05) is 16.8 Å². The molecule has 2 aromatic carbocycles. The number of carbonyl (C=O) groups is 1. The lowest BCUT2D eigenvalue weighted by molar-refractivity contribution is -0.116. The van der Waals surface area contributed by atoms with Crippen molar-refractivity contribution in [1.29, 1.82) is 0 Å². The summed E-state index contributed by atoms with van der Waals surface area (Å²) < 4.78 is 49.7. The SMILES string of the molecule is CS(=O)(=O)Cc1nc2ccccc2n1CC(=O)Nc1ccc(SC(F)F)cc1. The summed E-state index contributed by atoms with van der Waals surface area (Å²) in [5, 5.41) is 2.68. The van der Waals surface area contributed by atoms with Crippen LogP contribution in [0.4, 0.5) is 14.5 Å². The molecule has 0 atom stereocenters. The highest BCUT2D eigenvalue weighted by Crippen LogP contribution is 2.26. The number of hydrogen-bond acceptors (Lipinski definition) is 5. The summed E-state index contributed by atoms with van der Waals surface area (Å²) in [5.41, 5.74) is 1.71. The number of sulfone groups is 1. The van der Waals surface area contributed by atoms with Crippen LogP contribution in [-0.4, -0.2) is 35.9 Å². The highest BCUT2D eigenvalue weighted by molar-refractivity contribution is 7.99. The van der Waals surface area contributed by atoms with Crippen LogP contribution in [0.5, 0.6) is 0 Å². The molecule has 0 aliphatic rings. The molecule has 3 aromatic rings. The van der Waals surface area contributed by atoms with Crippen molar-refractivity contribution in [3.05, 3.63) is 54.4 Å². The van der Waals surface area contributed by atoms with E-state index >= 15 is 0 Å². The first-order chi connectivity index (χ1) is 13.2. The second kappa shape index (κ2) is 8.27. The van der Waals surface area contributed by atoms with Gasteiger partial charge >= 0.3 is 0 Å². The monoisotopic (exact) mass is 425 g/mol. The Bertz CT molecular complexity index is 1100. The molecular formula is C18H17F2N3O3S2. The number of anilines is 1. The number of nitrogens with zero attached hydrogens (tertiary/aromatic N) is 2. The van der Waals surface area contributed by atoms with Gasteiger partial charge in [0.15, 0.2) is 9.84 Å². The second-order valence-corrected chi connectivity index (χ2v) is 9.33. The molecule has 0 saturated heterocycles. The van der Waals surface area contributed by atoms with Crippen molar-refractivity contribution < 1.29 is 22.0 Å². The summed E-state index contributed by atoms with van der Waals surface area (Å²) in [6.45, 7) is -0.126. The highest BCUT2D eigenvalue weighted by Gasteiger charge is 2.17. The molecule has 28 heavy (non-hydrogen) atoms. The quantitative estimate of drug-likeness (QED) is 0.586. The molecule has 6 nitrogen and oxygen atoms in total. The normalized spacial score (nSPS) is 11.9. The van der Waals surface area contributed by atoms with Crippen LogP contribution in [0.25, 0.3) is 11.0 Å². The number of alkyl halides is 2. The van der Waals surface area contributed by atoms with Crippen molar-refractivity contribution in [2.24, 2.45) is 0 Å². The van der Waals surface area contributed by atoms with Gasteiger partial charge in [-0.2, -0.15) is 8.78 Å². The fraction of sp³-hybridized carbons (Fsp3) is 0.222.